The standard InChI is InChI=1S/C22H26N4O2S/c1-16-5-4-6-19(14-16)26-21(25-9-11-28-12-10-25)23-24-22(26)29-15-18-13-17(2)7-8-20(18)27-3/h4-8,13-14H,9-12,15H2,1-3H3. The number of thioether (sulfide) groups is 1. The van der Waals surface area contributed by atoms with Gasteiger partial charge in [-0.3, -0.25) is 4.57 Å². The molecule has 0 unspecified atom stereocenters. The average molecular weight is 411 g/mol. The third-order valence-corrected chi connectivity index (χ3v) is 5.94. The van der Waals surface area contributed by atoms with Crippen molar-refractivity contribution in [1.29, 1.82) is 0 Å². The van der Waals surface area contributed by atoms with E-state index in [0.29, 0.717) is 13.2 Å². The largest absolute Gasteiger partial charge is 0.496 e. The zero-order chi connectivity index (χ0) is 20.2. The fourth-order valence-corrected chi connectivity index (χ4v) is 4.40. The molecule has 0 bridgehead atoms. The number of hydrogen-bond donors (Lipinski definition) is 0. The van der Waals surface area contributed by atoms with Crippen LogP contribution in [0, 0.1) is 13.8 Å². The molecule has 1 saturated heterocycles. The molecule has 6 nitrogen and oxygen atoms in total. The monoisotopic (exact) mass is 410 g/mol. The van der Waals surface area contributed by atoms with Crippen LogP contribution in [0.4, 0.5) is 5.95 Å². The number of nitrogens with zero attached hydrogens (tertiary/aromatic N) is 4. The Morgan fingerprint density at radius 2 is 1.83 bits per heavy atom. The number of aryl methyl sites for hydroxylation is 2. The lowest BCUT2D eigenvalue weighted by molar-refractivity contribution is 0.122. The van der Waals surface area contributed by atoms with E-state index < -0.39 is 0 Å². The van der Waals surface area contributed by atoms with E-state index in [4.69, 9.17) is 9.47 Å². The van der Waals surface area contributed by atoms with Gasteiger partial charge < -0.3 is 14.4 Å². The van der Waals surface area contributed by atoms with Crippen molar-refractivity contribution in [3.05, 3.63) is 59.2 Å². The van der Waals surface area contributed by atoms with E-state index in [2.05, 4.69) is 69.9 Å². The molecule has 0 aliphatic carbocycles. The molecule has 0 N–H and O–H groups in total. The van der Waals surface area contributed by atoms with Crippen LogP contribution in [0.15, 0.2) is 47.6 Å². The van der Waals surface area contributed by atoms with Crippen LogP contribution >= 0.6 is 11.8 Å². The van der Waals surface area contributed by atoms with Gasteiger partial charge in [-0.2, -0.15) is 0 Å². The summed E-state index contributed by atoms with van der Waals surface area (Å²) in [6.45, 7) is 7.26. The molecule has 7 heteroatoms. The quantitative estimate of drug-likeness (QED) is 0.572. The molecule has 3 aromatic rings. The van der Waals surface area contributed by atoms with Crippen LogP contribution < -0.4 is 9.64 Å². The van der Waals surface area contributed by atoms with Gasteiger partial charge in [0.15, 0.2) is 5.16 Å². The van der Waals surface area contributed by atoms with E-state index in [1.54, 1.807) is 18.9 Å². The maximum atomic E-state index is 5.54. The molecule has 2 heterocycles. The summed E-state index contributed by atoms with van der Waals surface area (Å²) in [6.07, 6.45) is 0. The third-order valence-electron chi connectivity index (χ3n) is 4.96. The molecular formula is C22H26N4O2S. The van der Waals surface area contributed by atoms with E-state index in [1.165, 1.54) is 11.1 Å². The number of hydrogen-bond acceptors (Lipinski definition) is 6. The number of anilines is 1. The minimum absolute atomic E-state index is 0.712. The van der Waals surface area contributed by atoms with Gasteiger partial charge >= 0.3 is 0 Å². The molecule has 2 aromatic carbocycles. The Labute approximate surface area is 175 Å². The van der Waals surface area contributed by atoms with Crippen molar-refractivity contribution in [3.8, 4) is 11.4 Å². The van der Waals surface area contributed by atoms with Gasteiger partial charge in [0, 0.05) is 24.4 Å². The van der Waals surface area contributed by atoms with Crippen LogP contribution in [0.3, 0.4) is 0 Å². The summed E-state index contributed by atoms with van der Waals surface area (Å²) >= 11 is 1.68. The molecule has 1 aliphatic heterocycles. The average Bonchev–Trinajstić information content (AvgIpc) is 3.17. The summed E-state index contributed by atoms with van der Waals surface area (Å²) in [5.74, 6) is 2.54. The predicted molar refractivity (Wildman–Crippen MR) is 116 cm³/mol. The fraction of sp³-hybridized carbons (Fsp3) is 0.364. The Morgan fingerprint density at radius 1 is 1.03 bits per heavy atom. The van der Waals surface area contributed by atoms with Gasteiger partial charge in [0.25, 0.3) is 0 Å². The molecule has 0 amide bonds. The first kappa shape index (κ1) is 19.8. The van der Waals surface area contributed by atoms with E-state index in [1.807, 2.05) is 6.07 Å². The van der Waals surface area contributed by atoms with Crippen molar-refractivity contribution in [2.45, 2.75) is 24.8 Å². The number of rotatable bonds is 6. The van der Waals surface area contributed by atoms with Crippen LogP contribution in [-0.4, -0.2) is 48.2 Å². The van der Waals surface area contributed by atoms with E-state index in [9.17, 15) is 0 Å². The Bertz CT molecular complexity index is 983. The Kier molecular flexibility index (Phi) is 6.06. The lowest BCUT2D eigenvalue weighted by Crippen LogP contribution is -2.37. The van der Waals surface area contributed by atoms with Crippen molar-refractivity contribution in [2.75, 3.05) is 38.3 Å². The van der Waals surface area contributed by atoms with Gasteiger partial charge in [-0.15, -0.1) is 10.2 Å². The summed E-state index contributed by atoms with van der Waals surface area (Å²) < 4.78 is 13.2. The molecule has 152 valence electrons. The highest BCUT2D eigenvalue weighted by Crippen LogP contribution is 2.32. The molecule has 29 heavy (non-hydrogen) atoms. The van der Waals surface area contributed by atoms with Gasteiger partial charge in [-0.1, -0.05) is 41.6 Å². The highest BCUT2D eigenvalue weighted by Gasteiger charge is 2.22. The fourth-order valence-electron chi connectivity index (χ4n) is 3.48. The van der Waals surface area contributed by atoms with Gasteiger partial charge in [-0.05, 0) is 37.6 Å². The van der Waals surface area contributed by atoms with Crippen molar-refractivity contribution in [2.24, 2.45) is 0 Å². The smallest absolute Gasteiger partial charge is 0.232 e. The summed E-state index contributed by atoms with van der Waals surface area (Å²) in [4.78, 5) is 2.25. The second-order valence-electron chi connectivity index (χ2n) is 7.16. The summed E-state index contributed by atoms with van der Waals surface area (Å²) in [7, 11) is 1.71. The maximum absolute atomic E-state index is 5.54. The molecule has 1 aromatic heterocycles. The first-order valence-corrected chi connectivity index (χ1v) is 10.8. The Hall–Kier alpha value is -2.51. The number of morpholine rings is 1. The van der Waals surface area contributed by atoms with E-state index in [-0.39, 0.29) is 0 Å². The molecule has 0 radical (unpaired) electrons. The summed E-state index contributed by atoms with van der Waals surface area (Å²) in [5, 5.41) is 9.97. The van der Waals surface area contributed by atoms with E-state index >= 15 is 0 Å². The van der Waals surface area contributed by atoms with Crippen LogP contribution in [0.2, 0.25) is 0 Å². The van der Waals surface area contributed by atoms with Crippen molar-refractivity contribution < 1.29 is 9.47 Å². The Morgan fingerprint density at radius 3 is 2.59 bits per heavy atom. The predicted octanol–water partition coefficient (Wildman–Crippen LogP) is 4.02. The van der Waals surface area contributed by atoms with Crippen LogP contribution in [-0.2, 0) is 10.5 Å². The van der Waals surface area contributed by atoms with Crippen molar-refractivity contribution in [1.82, 2.24) is 14.8 Å². The molecule has 0 atom stereocenters. The number of ether oxygens (including phenoxy) is 2. The topological polar surface area (TPSA) is 52.4 Å². The lowest BCUT2D eigenvalue weighted by Gasteiger charge is -2.28. The third kappa shape index (κ3) is 4.41. The minimum atomic E-state index is 0.712. The molecule has 1 aliphatic rings. The molecule has 4 rings (SSSR count). The zero-order valence-electron chi connectivity index (χ0n) is 17.1. The van der Waals surface area contributed by atoms with Gasteiger partial charge in [0.05, 0.1) is 26.0 Å². The summed E-state index contributed by atoms with van der Waals surface area (Å²) in [5.41, 5.74) is 4.66. The summed E-state index contributed by atoms with van der Waals surface area (Å²) in [6, 6.07) is 14.7. The first-order valence-electron chi connectivity index (χ1n) is 9.77. The normalized spacial score (nSPS) is 14.2. The van der Waals surface area contributed by atoms with Gasteiger partial charge in [0.1, 0.15) is 5.75 Å². The van der Waals surface area contributed by atoms with Gasteiger partial charge in [-0.25, -0.2) is 0 Å². The minimum Gasteiger partial charge on any atom is -0.496 e. The molecule has 0 saturated carbocycles. The van der Waals surface area contributed by atoms with Crippen molar-refractivity contribution in [3.63, 3.8) is 0 Å². The Balaban J connectivity index is 1.68. The second kappa shape index (κ2) is 8.88. The van der Waals surface area contributed by atoms with Crippen LogP contribution in [0.5, 0.6) is 5.75 Å². The molecule has 0 spiro atoms. The number of methoxy groups -OCH3 is 1. The van der Waals surface area contributed by atoms with Crippen LogP contribution in [0.1, 0.15) is 16.7 Å². The maximum Gasteiger partial charge on any atom is 0.232 e. The number of benzene rings is 2. The second-order valence-corrected chi connectivity index (χ2v) is 8.10. The SMILES string of the molecule is COc1ccc(C)cc1CSc1nnc(N2CCOCC2)n1-c1cccc(C)c1. The highest BCUT2D eigenvalue weighted by molar-refractivity contribution is 7.98. The lowest BCUT2D eigenvalue weighted by atomic mass is 10.1. The highest BCUT2D eigenvalue weighted by atomic mass is 32.2. The van der Waals surface area contributed by atoms with Crippen LogP contribution in [0.25, 0.3) is 5.69 Å². The van der Waals surface area contributed by atoms with Gasteiger partial charge in [0.2, 0.25) is 5.95 Å². The van der Waals surface area contributed by atoms with E-state index in [0.717, 1.165) is 46.9 Å². The molecular weight excluding hydrogens is 384 g/mol. The number of aromatic nitrogens is 3. The first-order chi connectivity index (χ1) is 14.2. The zero-order valence-corrected chi connectivity index (χ0v) is 17.9. The van der Waals surface area contributed by atoms with Crippen molar-refractivity contribution >= 4 is 17.7 Å². The molecule has 1 fully saturated rings.